The summed E-state index contributed by atoms with van der Waals surface area (Å²) < 4.78 is 13.8. The fraction of sp³-hybridized carbons (Fsp3) is 0.145. The monoisotopic (exact) mass is 850 g/mol. The minimum Gasteiger partial charge on any atom is -0.455 e. The first-order valence-electron chi connectivity index (χ1n) is 23.2. The summed E-state index contributed by atoms with van der Waals surface area (Å²) in [6, 6.07) is 57.5. The van der Waals surface area contributed by atoms with Crippen molar-refractivity contribution in [1.82, 2.24) is 4.98 Å². The van der Waals surface area contributed by atoms with Crippen molar-refractivity contribution >= 4 is 60.9 Å². The molecule has 3 aliphatic rings. The molecule has 0 radical (unpaired) electrons. The first kappa shape index (κ1) is 37.7. The highest BCUT2D eigenvalue weighted by molar-refractivity contribution is 6.21. The number of hydrogen-bond acceptors (Lipinski definition) is 4. The molecule has 0 bridgehead atoms. The van der Waals surface area contributed by atoms with E-state index in [2.05, 4.69) is 203 Å². The molecular formula is C62H46N2O2. The molecule has 316 valence electrons. The highest BCUT2D eigenvalue weighted by atomic mass is 16.3. The lowest BCUT2D eigenvalue weighted by Crippen LogP contribution is -2.24. The maximum Gasteiger partial charge on any atom is 0.144 e. The Kier molecular flexibility index (Phi) is 7.28. The van der Waals surface area contributed by atoms with Gasteiger partial charge in [-0.2, -0.15) is 0 Å². The number of anilines is 3. The fourth-order valence-corrected chi connectivity index (χ4v) is 12.6. The van der Waals surface area contributed by atoms with Gasteiger partial charge in [0.1, 0.15) is 22.3 Å². The minimum atomic E-state index is -0.339. The van der Waals surface area contributed by atoms with Crippen molar-refractivity contribution in [1.29, 1.82) is 0 Å². The average molecular weight is 851 g/mol. The summed E-state index contributed by atoms with van der Waals surface area (Å²) in [5.74, 6) is 0. The van der Waals surface area contributed by atoms with Gasteiger partial charge < -0.3 is 13.7 Å². The van der Waals surface area contributed by atoms with Gasteiger partial charge in [-0.25, -0.2) is 0 Å². The zero-order chi connectivity index (χ0) is 44.4. The van der Waals surface area contributed by atoms with Gasteiger partial charge in [0.25, 0.3) is 0 Å². The number of para-hydroxylation sites is 2. The Morgan fingerprint density at radius 3 is 1.67 bits per heavy atom. The van der Waals surface area contributed by atoms with E-state index in [1.807, 2.05) is 18.5 Å². The van der Waals surface area contributed by atoms with E-state index in [9.17, 15) is 0 Å². The lowest BCUT2D eigenvalue weighted by Gasteiger charge is -2.32. The van der Waals surface area contributed by atoms with Crippen LogP contribution in [-0.4, -0.2) is 4.98 Å². The van der Waals surface area contributed by atoms with E-state index < -0.39 is 0 Å². The molecule has 4 heteroatoms. The van der Waals surface area contributed by atoms with E-state index in [0.717, 1.165) is 55.9 Å². The summed E-state index contributed by atoms with van der Waals surface area (Å²) in [6.45, 7) is 14.4. The molecule has 3 aliphatic carbocycles. The summed E-state index contributed by atoms with van der Waals surface area (Å²) in [7, 11) is 0. The molecule has 3 heterocycles. The third kappa shape index (κ3) is 4.71. The van der Waals surface area contributed by atoms with E-state index in [4.69, 9.17) is 8.83 Å². The summed E-state index contributed by atoms with van der Waals surface area (Å²) >= 11 is 0. The van der Waals surface area contributed by atoms with Gasteiger partial charge in [0.15, 0.2) is 0 Å². The maximum atomic E-state index is 7.01. The molecule has 0 aliphatic heterocycles. The molecule has 14 rings (SSSR count). The fourth-order valence-electron chi connectivity index (χ4n) is 12.6. The Labute approximate surface area is 383 Å². The van der Waals surface area contributed by atoms with E-state index >= 15 is 0 Å². The first-order valence-corrected chi connectivity index (χ1v) is 23.2. The van der Waals surface area contributed by atoms with Crippen LogP contribution in [0.15, 0.2) is 179 Å². The second-order valence-electron chi connectivity index (χ2n) is 20.2. The highest BCUT2D eigenvalue weighted by Crippen LogP contribution is 2.64. The van der Waals surface area contributed by atoms with Crippen molar-refractivity contribution in [2.75, 3.05) is 4.90 Å². The number of furan rings is 2. The van der Waals surface area contributed by atoms with Crippen LogP contribution in [0, 0.1) is 0 Å². The second kappa shape index (κ2) is 12.8. The minimum absolute atomic E-state index is 0.211. The Morgan fingerprint density at radius 1 is 0.409 bits per heavy atom. The summed E-state index contributed by atoms with van der Waals surface area (Å²) in [6.07, 6.45) is 3.84. The number of aromatic nitrogens is 1. The van der Waals surface area contributed by atoms with Gasteiger partial charge in [-0.15, -0.1) is 0 Å². The van der Waals surface area contributed by atoms with Crippen LogP contribution in [0.5, 0.6) is 0 Å². The zero-order valence-electron chi connectivity index (χ0n) is 37.9. The van der Waals surface area contributed by atoms with Crippen LogP contribution in [0.1, 0.15) is 74.9 Å². The predicted molar refractivity (Wildman–Crippen MR) is 272 cm³/mol. The number of fused-ring (bicyclic) bond motifs is 19. The third-order valence-electron chi connectivity index (χ3n) is 15.7. The second-order valence-corrected chi connectivity index (χ2v) is 20.2. The topological polar surface area (TPSA) is 42.4 Å². The largest absolute Gasteiger partial charge is 0.455 e. The van der Waals surface area contributed by atoms with E-state index in [1.165, 1.54) is 82.9 Å². The SMILES string of the molecule is CC1(C)c2cc(N(c3cccnc3)c3ccc4c(c3)C(C)(C)c3c5c(c6c(oc7ccccc76)c3-4)-c3ccccc3C5(C)C)ccc2-c2c1cc(-c1ccccc1)c1oc3ccccc3c21. The quantitative estimate of drug-likeness (QED) is 0.177. The van der Waals surface area contributed by atoms with Gasteiger partial charge in [-0.05, 0) is 121 Å². The van der Waals surface area contributed by atoms with Crippen LogP contribution in [0.4, 0.5) is 17.1 Å². The van der Waals surface area contributed by atoms with E-state index in [1.54, 1.807) is 0 Å². The van der Waals surface area contributed by atoms with Crippen molar-refractivity contribution < 1.29 is 8.83 Å². The molecule has 0 saturated carbocycles. The van der Waals surface area contributed by atoms with Crippen LogP contribution in [0.25, 0.3) is 88.4 Å². The van der Waals surface area contributed by atoms with Gasteiger partial charge in [0.05, 0.1) is 11.9 Å². The Morgan fingerprint density at radius 2 is 0.970 bits per heavy atom. The summed E-state index contributed by atoms with van der Waals surface area (Å²) in [5, 5.41) is 4.72. The van der Waals surface area contributed by atoms with Gasteiger partial charge in [0, 0.05) is 66.5 Å². The summed E-state index contributed by atoms with van der Waals surface area (Å²) in [5.41, 5.74) is 24.0. The molecule has 0 N–H and O–H groups in total. The standard InChI is InChI=1S/C62H46N2O2/c1-60(2)46-31-36(26-28-40(46)51-48(60)33-44(35-17-8-7-9-18-35)58-53(51)42-21-11-14-24-49(42)65-58)64(38-19-16-30-63-34-38)37-27-29-41-47(32-37)62(5,6)57-55(41)59-54(43-22-12-15-25-50(43)66-59)52-39-20-10-13-23-45(39)61(3,4)56(52)57/h7-34H,1-6H3. The van der Waals surface area contributed by atoms with E-state index in [-0.39, 0.29) is 16.2 Å². The average Bonchev–Trinajstić information content (AvgIpc) is 4.09. The molecule has 66 heavy (non-hydrogen) atoms. The van der Waals surface area contributed by atoms with Crippen molar-refractivity contribution in [3.05, 3.63) is 203 Å². The van der Waals surface area contributed by atoms with Crippen molar-refractivity contribution in [3.8, 4) is 44.5 Å². The van der Waals surface area contributed by atoms with Crippen LogP contribution < -0.4 is 4.90 Å². The molecule has 0 fully saturated rings. The molecular weight excluding hydrogens is 805 g/mol. The Bertz CT molecular complexity index is 3900. The van der Waals surface area contributed by atoms with Crippen molar-refractivity contribution in [2.24, 2.45) is 0 Å². The lowest BCUT2D eigenvalue weighted by molar-refractivity contribution is 0.600. The van der Waals surface area contributed by atoms with Gasteiger partial charge in [-0.1, -0.05) is 145 Å². The van der Waals surface area contributed by atoms with Crippen LogP contribution in [-0.2, 0) is 16.2 Å². The summed E-state index contributed by atoms with van der Waals surface area (Å²) in [4.78, 5) is 7.08. The maximum absolute atomic E-state index is 7.01. The third-order valence-corrected chi connectivity index (χ3v) is 15.7. The first-order chi connectivity index (χ1) is 32.0. The van der Waals surface area contributed by atoms with E-state index in [0.29, 0.717) is 0 Å². The molecule has 0 amide bonds. The molecule has 0 unspecified atom stereocenters. The molecule has 0 atom stereocenters. The zero-order valence-corrected chi connectivity index (χ0v) is 37.9. The smallest absolute Gasteiger partial charge is 0.144 e. The number of benzene rings is 8. The predicted octanol–water partition coefficient (Wildman–Crippen LogP) is 16.9. The molecule has 4 nitrogen and oxygen atoms in total. The Hall–Kier alpha value is -7.69. The van der Waals surface area contributed by atoms with Crippen molar-refractivity contribution in [2.45, 2.75) is 57.8 Å². The van der Waals surface area contributed by atoms with Crippen LogP contribution in [0.3, 0.4) is 0 Å². The molecule has 11 aromatic rings. The number of pyridine rings is 1. The molecule has 3 aromatic heterocycles. The number of nitrogens with zero attached hydrogens (tertiary/aromatic N) is 2. The molecule has 0 saturated heterocycles. The number of hydrogen-bond donors (Lipinski definition) is 0. The molecule has 0 spiro atoms. The van der Waals surface area contributed by atoms with Gasteiger partial charge in [-0.3, -0.25) is 4.98 Å². The van der Waals surface area contributed by atoms with Crippen molar-refractivity contribution in [3.63, 3.8) is 0 Å². The Balaban J connectivity index is 0.980. The van der Waals surface area contributed by atoms with Crippen LogP contribution in [0.2, 0.25) is 0 Å². The normalized spacial score (nSPS) is 15.5. The van der Waals surface area contributed by atoms with Gasteiger partial charge in [0.2, 0.25) is 0 Å². The molecule has 8 aromatic carbocycles. The highest BCUT2D eigenvalue weighted by Gasteiger charge is 2.49. The van der Waals surface area contributed by atoms with Gasteiger partial charge >= 0.3 is 0 Å². The van der Waals surface area contributed by atoms with Crippen LogP contribution >= 0.6 is 0 Å². The lowest BCUT2D eigenvalue weighted by atomic mass is 9.72. The number of rotatable bonds is 4.